The number of hydrogen-bond acceptors (Lipinski definition) is 2. The van der Waals surface area contributed by atoms with Gasteiger partial charge in [-0.05, 0) is 19.8 Å². The lowest BCUT2D eigenvalue weighted by Crippen LogP contribution is -2.24. The smallest absolute Gasteiger partial charge is 0.0526 e. The summed E-state index contributed by atoms with van der Waals surface area (Å²) in [5.41, 5.74) is 5.95. The highest BCUT2D eigenvalue weighted by Crippen LogP contribution is 2.13. The molecule has 2 atom stereocenters. The van der Waals surface area contributed by atoms with Crippen molar-refractivity contribution in [2.24, 2.45) is 5.73 Å². The van der Waals surface area contributed by atoms with Crippen LogP contribution in [0, 0.1) is 0 Å². The van der Waals surface area contributed by atoms with Gasteiger partial charge >= 0.3 is 0 Å². The van der Waals surface area contributed by atoms with E-state index in [0.29, 0.717) is 0 Å². The van der Waals surface area contributed by atoms with Crippen LogP contribution in [0.2, 0.25) is 0 Å². The minimum atomic E-state index is -0.248. The van der Waals surface area contributed by atoms with E-state index in [-0.39, 0.29) is 12.1 Å². The van der Waals surface area contributed by atoms with E-state index in [4.69, 9.17) is 5.73 Å². The van der Waals surface area contributed by atoms with Crippen molar-refractivity contribution >= 4 is 0 Å². The summed E-state index contributed by atoms with van der Waals surface area (Å²) >= 11 is 0. The van der Waals surface area contributed by atoms with Gasteiger partial charge in [0.2, 0.25) is 0 Å². The normalized spacial score (nSPS) is 14.4. The first-order valence-corrected chi connectivity index (χ1v) is 9.10. The molecular weight excluding hydrogens is 246 g/mol. The molecule has 2 unspecified atom stereocenters. The van der Waals surface area contributed by atoms with Crippen LogP contribution < -0.4 is 5.73 Å². The van der Waals surface area contributed by atoms with E-state index in [2.05, 4.69) is 6.92 Å². The van der Waals surface area contributed by atoms with Gasteiger partial charge in [-0.3, -0.25) is 0 Å². The highest BCUT2D eigenvalue weighted by molar-refractivity contribution is 4.64. The lowest BCUT2D eigenvalue weighted by atomic mass is 10.0. The van der Waals surface area contributed by atoms with Crippen molar-refractivity contribution in [2.45, 2.75) is 116 Å². The Kier molecular flexibility index (Phi) is 15.3. The van der Waals surface area contributed by atoms with E-state index in [1.807, 2.05) is 6.92 Å². The summed E-state index contributed by atoms with van der Waals surface area (Å²) in [5, 5.41) is 9.23. The van der Waals surface area contributed by atoms with Gasteiger partial charge in [0, 0.05) is 6.04 Å². The van der Waals surface area contributed by atoms with Gasteiger partial charge < -0.3 is 10.8 Å². The van der Waals surface area contributed by atoms with E-state index >= 15 is 0 Å². The number of nitrogens with two attached hydrogens (primary N) is 1. The quantitative estimate of drug-likeness (QED) is 0.407. The second-order valence-electron chi connectivity index (χ2n) is 6.52. The van der Waals surface area contributed by atoms with Gasteiger partial charge in [-0.2, -0.15) is 0 Å². The minimum Gasteiger partial charge on any atom is -0.393 e. The van der Waals surface area contributed by atoms with Crippen molar-refractivity contribution in [3.63, 3.8) is 0 Å². The van der Waals surface area contributed by atoms with Crippen LogP contribution in [0.3, 0.4) is 0 Å². The number of aliphatic hydroxyl groups is 1. The van der Waals surface area contributed by atoms with E-state index in [0.717, 1.165) is 12.8 Å². The maximum atomic E-state index is 9.23. The summed E-state index contributed by atoms with van der Waals surface area (Å²) in [6, 6.07) is 0.193. The predicted molar refractivity (Wildman–Crippen MR) is 90.0 cm³/mol. The van der Waals surface area contributed by atoms with Crippen molar-refractivity contribution in [2.75, 3.05) is 0 Å². The Balaban J connectivity index is 3.06. The fourth-order valence-electron chi connectivity index (χ4n) is 2.80. The van der Waals surface area contributed by atoms with Gasteiger partial charge in [0.15, 0.2) is 0 Å². The van der Waals surface area contributed by atoms with Crippen LogP contribution in [-0.2, 0) is 0 Å². The molecule has 2 nitrogen and oxygen atoms in total. The van der Waals surface area contributed by atoms with E-state index in [1.165, 1.54) is 77.0 Å². The highest BCUT2D eigenvalue weighted by atomic mass is 16.3. The number of hydrogen-bond donors (Lipinski definition) is 2. The van der Waals surface area contributed by atoms with Crippen LogP contribution in [0.5, 0.6) is 0 Å². The van der Waals surface area contributed by atoms with Crippen molar-refractivity contribution in [1.29, 1.82) is 0 Å². The Hall–Kier alpha value is -0.0800. The molecule has 0 amide bonds. The van der Waals surface area contributed by atoms with E-state index in [1.54, 1.807) is 0 Å². The van der Waals surface area contributed by atoms with Crippen LogP contribution in [-0.4, -0.2) is 17.3 Å². The molecular formula is C18H39NO. The van der Waals surface area contributed by atoms with Crippen molar-refractivity contribution in [3.05, 3.63) is 0 Å². The number of rotatable bonds is 15. The van der Waals surface area contributed by atoms with Gasteiger partial charge in [0.05, 0.1) is 6.10 Å². The predicted octanol–water partition coefficient (Wildman–Crippen LogP) is 5.18. The molecule has 20 heavy (non-hydrogen) atoms. The van der Waals surface area contributed by atoms with Crippen molar-refractivity contribution in [3.8, 4) is 0 Å². The molecule has 0 heterocycles. The van der Waals surface area contributed by atoms with Gasteiger partial charge in [0.1, 0.15) is 0 Å². The topological polar surface area (TPSA) is 46.2 Å². The number of unbranched alkanes of at least 4 members (excludes halogenated alkanes) is 11. The van der Waals surface area contributed by atoms with E-state index < -0.39 is 0 Å². The molecule has 0 aromatic rings. The molecule has 0 aliphatic rings. The lowest BCUT2D eigenvalue weighted by Gasteiger charge is -2.12. The van der Waals surface area contributed by atoms with Crippen LogP contribution >= 0.6 is 0 Å². The van der Waals surface area contributed by atoms with E-state index in [9.17, 15) is 5.11 Å². The third kappa shape index (κ3) is 16.0. The Bertz CT molecular complexity index is 182. The molecule has 122 valence electrons. The zero-order valence-corrected chi connectivity index (χ0v) is 14.1. The summed E-state index contributed by atoms with van der Waals surface area (Å²) in [6.07, 6.45) is 18.2. The summed E-state index contributed by atoms with van der Waals surface area (Å²) in [4.78, 5) is 0. The second-order valence-corrected chi connectivity index (χ2v) is 6.52. The first kappa shape index (κ1) is 19.9. The molecule has 0 saturated carbocycles. The van der Waals surface area contributed by atoms with Crippen LogP contribution in [0.4, 0.5) is 0 Å². The fourth-order valence-corrected chi connectivity index (χ4v) is 2.80. The SMILES string of the molecule is CCCCCCCCCCCCCCC(N)CC(C)O. The largest absolute Gasteiger partial charge is 0.393 e. The second kappa shape index (κ2) is 15.3. The van der Waals surface area contributed by atoms with Gasteiger partial charge in [-0.25, -0.2) is 0 Å². The van der Waals surface area contributed by atoms with Gasteiger partial charge in [0.25, 0.3) is 0 Å². The molecule has 0 aliphatic heterocycles. The minimum absolute atomic E-state index is 0.193. The third-order valence-electron chi connectivity index (χ3n) is 4.07. The Morgan fingerprint density at radius 2 is 1.15 bits per heavy atom. The van der Waals surface area contributed by atoms with Gasteiger partial charge in [-0.15, -0.1) is 0 Å². The molecule has 2 heteroatoms. The molecule has 0 aromatic carbocycles. The summed E-state index contributed by atoms with van der Waals surface area (Å²) < 4.78 is 0. The fraction of sp³-hybridized carbons (Fsp3) is 1.00. The maximum absolute atomic E-state index is 9.23. The first-order valence-electron chi connectivity index (χ1n) is 9.10. The Labute approximate surface area is 127 Å². The summed E-state index contributed by atoms with van der Waals surface area (Å²) in [5.74, 6) is 0. The highest BCUT2D eigenvalue weighted by Gasteiger charge is 2.05. The Morgan fingerprint density at radius 3 is 1.55 bits per heavy atom. The van der Waals surface area contributed by atoms with Crippen LogP contribution in [0.15, 0.2) is 0 Å². The van der Waals surface area contributed by atoms with Gasteiger partial charge in [-0.1, -0.05) is 84.0 Å². The zero-order valence-electron chi connectivity index (χ0n) is 14.1. The molecule has 0 bridgehead atoms. The number of aliphatic hydroxyl groups excluding tert-OH is 1. The average Bonchev–Trinajstić information content (AvgIpc) is 2.39. The summed E-state index contributed by atoms with van der Waals surface area (Å²) in [7, 11) is 0. The summed E-state index contributed by atoms with van der Waals surface area (Å²) in [6.45, 7) is 4.10. The van der Waals surface area contributed by atoms with Crippen molar-refractivity contribution in [1.82, 2.24) is 0 Å². The molecule has 0 radical (unpaired) electrons. The average molecular weight is 286 g/mol. The maximum Gasteiger partial charge on any atom is 0.0526 e. The monoisotopic (exact) mass is 285 g/mol. The van der Waals surface area contributed by atoms with Crippen LogP contribution in [0.25, 0.3) is 0 Å². The third-order valence-corrected chi connectivity index (χ3v) is 4.07. The first-order chi connectivity index (χ1) is 9.66. The zero-order chi connectivity index (χ0) is 15.1. The molecule has 0 saturated heterocycles. The molecule has 0 spiro atoms. The molecule has 3 N–H and O–H groups in total. The van der Waals surface area contributed by atoms with Crippen molar-refractivity contribution < 1.29 is 5.11 Å². The molecule has 0 rings (SSSR count). The molecule has 0 fully saturated rings. The standard InChI is InChI=1S/C18H39NO/c1-3-4-5-6-7-8-9-10-11-12-13-14-15-18(19)16-17(2)20/h17-18,20H,3-16,19H2,1-2H3. The Morgan fingerprint density at radius 1 is 0.750 bits per heavy atom. The lowest BCUT2D eigenvalue weighted by molar-refractivity contribution is 0.172. The van der Waals surface area contributed by atoms with Crippen LogP contribution in [0.1, 0.15) is 104 Å². The molecule has 0 aliphatic carbocycles. The molecule has 0 aromatic heterocycles.